The van der Waals surface area contributed by atoms with E-state index in [1.807, 2.05) is 0 Å². The van der Waals surface area contributed by atoms with Crippen LogP contribution in [0.1, 0.15) is 5.56 Å². The number of hydrogen-bond donors (Lipinski definition) is 1. The van der Waals surface area contributed by atoms with Crippen molar-refractivity contribution in [2.75, 3.05) is 25.6 Å². The molecule has 0 amide bonds. The van der Waals surface area contributed by atoms with E-state index in [0.717, 1.165) is 0 Å². The van der Waals surface area contributed by atoms with E-state index in [0.29, 0.717) is 25.6 Å². The first-order valence-electron chi connectivity index (χ1n) is 5.03. The fourth-order valence-electron chi connectivity index (χ4n) is 1.22. The maximum atomic E-state index is 13.2. The predicted molar refractivity (Wildman–Crippen MR) is 59.6 cm³/mol. The average Bonchev–Trinajstić information content (AvgIpc) is 2.26. The molecular formula is C11H14ClF2NO. The molecule has 5 heteroatoms. The van der Waals surface area contributed by atoms with Crippen molar-refractivity contribution < 1.29 is 13.5 Å². The Hall–Kier alpha value is -0.710. The van der Waals surface area contributed by atoms with Crippen molar-refractivity contribution in [1.82, 2.24) is 5.32 Å². The van der Waals surface area contributed by atoms with Gasteiger partial charge in [-0.1, -0.05) is 6.07 Å². The molecular weight excluding hydrogens is 236 g/mol. The van der Waals surface area contributed by atoms with E-state index in [9.17, 15) is 8.78 Å². The second kappa shape index (κ2) is 7.54. The van der Waals surface area contributed by atoms with Crippen LogP contribution in [-0.4, -0.2) is 25.6 Å². The lowest BCUT2D eigenvalue weighted by Gasteiger charge is -2.07. The number of ether oxygens (including phenoxy) is 1. The van der Waals surface area contributed by atoms with Crippen LogP contribution in [0.5, 0.6) is 0 Å². The number of hydrogen-bond acceptors (Lipinski definition) is 2. The van der Waals surface area contributed by atoms with Crippen LogP contribution in [0.3, 0.4) is 0 Å². The molecule has 16 heavy (non-hydrogen) atoms. The van der Waals surface area contributed by atoms with Crippen molar-refractivity contribution in [2.45, 2.75) is 6.54 Å². The van der Waals surface area contributed by atoms with Crippen molar-refractivity contribution in [3.8, 4) is 0 Å². The van der Waals surface area contributed by atoms with Gasteiger partial charge >= 0.3 is 0 Å². The van der Waals surface area contributed by atoms with Crippen LogP contribution in [0.25, 0.3) is 0 Å². The summed E-state index contributed by atoms with van der Waals surface area (Å²) in [4.78, 5) is 0. The monoisotopic (exact) mass is 249 g/mol. The average molecular weight is 250 g/mol. The lowest BCUT2D eigenvalue weighted by Crippen LogP contribution is -2.21. The molecule has 1 rings (SSSR count). The quantitative estimate of drug-likeness (QED) is 0.592. The fraction of sp³-hybridized carbons (Fsp3) is 0.455. The van der Waals surface area contributed by atoms with Crippen LogP contribution >= 0.6 is 11.6 Å². The lowest BCUT2D eigenvalue weighted by atomic mass is 10.2. The van der Waals surface area contributed by atoms with Crippen LogP contribution in [-0.2, 0) is 11.3 Å². The second-order valence-corrected chi connectivity index (χ2v) is 3.56. The third-order valence-corrected chi connectivity index (χ3v) is 2.16. The van der Waals surface area contributed by atoms with Gasteiger partial charge in [-0.15, -0.1) is 11.6 Å². The highest BCUT2D eigenvalue weighted by molar-refractivity contribution is 6.17. The lowest BCUT2D eigenvalue weighted by molar-refractivity contribution is 0.150. The zero-order chi connectivity index (χ0) is 11.8. The Bertz CT molecular complexity index is 303. The number of alkyl halides is 1. The van der Waals surface area contributed by atoms with Gasteiger partial charge in [0.2, 0.25) is 0 Å². The largest absolute Gasteiger partial charge is 0.379 e. The molecule has 1 aromatic carbocycles. The van der Waals surface area contributed by atoms with E-state index < -0.39 is 11.6 Å². The minimum atomic E-state index is -0.533. The minimum absolute atomic E-state index is 0.0554. The molecule has 0 bridgehead atoms. The highest BCUT2D eigenvalue weighted by Gasteiger charge is 2.06. The topological polar surface area (TPSA) is 21.3 Å². The molecule has 0 atom stereocenters. The Morgan fingerprint density at radius 1 is 1.19 bits per heavy atom. The van der Waals surface area contributed by atoms with E-state index in [1.165, 1.54) is 18.2 Å². The minimum Gasteiger partial charge on any atom is -0.379 e. The summed E-state index contributed by atoms with van der Waals surface area (Å²) in [5, 5.41) is 2.89. The van der Waals surface area contributed by atoms with Gasteiger partial charge < -0.3 is 10.1 Å². The summed E-state index contributed by atoms with van der Waals surface area (Å²) in [7, 11) is 0. The van der Waals surface area contributed by atoms with E-state index in [2.05, 4.69) is 5.32 Å². The Kier molecular flexibility index (Phi) is 6.30. The second-order valence-electron chi connectivity index (χ2n) is 3.18. The molecule has 0 radical (unpaired) electrons. The number of benzene rings is 1. The number of rotatable bonds is 7. The van der Waals surface area contributed by atoms with Gasteiger partial charge in [-0.2, -0.15) is 0 Å². The third-order valence-electron chi connectivity index (χ3n) is 2.01. The Balaban J connectivity index is 2.26. The Morgan fingerprint density at radius 3 is 2.50 bits per heavy atom. The SMILES string of the molecule is Fc1cccc(F)c1CNCCOCCCl. The Morgan fingerprint density at radius 2 is 1.88 bits per heavy atom. The van der Waals surface area contributed by atoms with Gasteiger partial charge in [0.15, 0.2) is 0 Å². The highest BCUT2D eigenvalue weighted by Crippen LogP contribution is 2.11. The van der Waals surface area contributed by atoms with Crippen LogP contribution in [0, 0.1) is 11.6 Å². The standard InChI is InChI=1S/C11H14ClF2NO/c12-4-6-16-7-5-15-8-9-10(13)2-1-3-11(9)14/h1-3,15H,4-8H2. The molecule has 0 unspecified atom stereocenters. The smallest absolute Gasteiger partial charge is 0.130 e. The fourth-order valence-corrected chi connectivity index (χ4v) is 1.32. The molecule has 1 N–H and O–H groups in total. The summed E-state index contributed by atoms with van der Waals surface area (Å²) < 4.78 is 31.4. The normalized spacial score (nSPS) is 10.7. The van der Waals surface area contributed by atoms with Crippen molar-refractivity contribution >= 4 is 11.6 Å². The van der Waals surface area contributed by atoms with Crippen LogP contribution in [0.2, 0.25) is 0 Å². The van der Waals surface area contributed by atoms with Gasteiger partial charge in [0, 0.05) is 24.5 Å². The van der Waals surface area contributed by atoms with Gasteiger partial charge in [0.1, 0.15) is 11.6 Å². The summed E-state index contributed by atoms with van der Waals surface area (Å²) in [5.41, 5.74) is 0.0554. The molecule has 0 aliphatic heterocycles. The first kappa shape index (κ1) is 13.4. The van der Waals surface area contributed by atoms with E-state index in [1.54, 1.807) is 0 Å². The molecule has 0 spiro atoms. The molecule has 0 aromatic heterocycles. The molecule has 0 saturated carbocycles. The highest BCUT2D eigenvalue weighted by atomic mass is 35.5. The van der Waals surface area contributed by atoms with Crippen LogP contribution in [0.4, 0.5) is 8.78 Å². The van der Waals surface area contributed by atoms with E-state index >= 15 is 0 Å². The van der Waals surface area contributed by atoms with Crippen molar-refractivity contribution in [3.05, 3.63) is 35.4 Å². The number of halogens is 3. The van der Waals surface area contributed by atoms with Crippen molar-refractivity contribution in [2.24, 2.45) is 0 Å². The summed E-state index contributed by atoms with van der Waals surface area (Å²) >= 11 is 5.41. The van der Waals surface area contributed by atoms with Crippen molar-refractivity contribution in [1.29, 1.82) is 0 Å². The first-order chi connectivity index (χ1) is 7.75. The van der Waals surface area contributed by atoms with Crippen LogP contribution < -0.4 is 5.32 Å². The third kappa shape index (κ3) is 4.43. The van der Waals surface area contributed by atoms with Crippen LogP contribution in [0.15, 0.2) is 18.2 Å². The molecule has 0 saturated heterocycles. The molecule has 1 aromatic rings. The van der Waals surface area contributed by atoms with Gasteiger partial charge in [0.25, 0.3) is 0 Å². The first-order valence-corrected chi connectivity index (χ1v) is 5.56. The van der Waals surface area contributed by atoms with Gasteiger partial charge in [-0.05, 0) is 12.1 Å². The summed E-state index contributed by atoms with van der Waals surface area (Å²) in [5.74, 6) is -0.620. The maximum absolute atomic E-state index is 13.2. The Labute approximate surface area is 98.6 Å². The zero-order valence-corrected chi connectivity index (χ0v) is 9.57. The van der Waals surface area contributed by atoms with Gasteiger partial charge in [0.05, 0.1) is 13.2 Å². The summed E-state index contributed by atoms with van der Waals surface area (Å²) in [6, 6.07) is 3.83. The molecule has 2 nitrogen and oxygen atoms in total. The number of nitrogens with one attached hydrogen (secondary N) is 1. The molecule has 0 heterocycles. The van der Waals surface area contributed by atoms with Gasteiger partial charge in [-0.25, -0.2) is 8.78 Å². The predicted octanol–water partition coefficient (Wildman–Crippen LogP) is 2.31. The van der Waals surface area contributed by atoms with Crippen molar-refractivity contribution in [3.63, 3.8) is 0 Å². The molecule has 0 aliphatic rings. The van der Waals surface area contributed by atoms with E-state index in [-0.39, 0.29) is 12.1 Å². The molecule has 90 valence electrons. The molecule has 0 aliphatic carbocycles. The molecule has 0 fully saturated rings. The van der Waals surface area contributed by atoms with E-state index in [4.69, 9.17) is 16.3 Å². The van der Waals surface area contributed by atoms with Gasteiger partial charge in [-0.3, -0.25) is 0 Å². The maximum Gasteiger partial charge on any atom is 0.130 e. The zero-order valence-electron chi connectivity index (χ0n) is 8.81. The summed E-state index contributed by atoms with van der Waals surface area (Å²) in [6.45, 7) is 1.65. The summed E-state index contributed by atoms with van der Waals surface area (Å²) in [6.07, 6.45) is 0.